The minimum absolute atomic E-state index is 0.00947. The van der Waals surface area contributed by atoms with Crippen molar-refractivity contribution in [3.8, 4) is 0 Å². The molecule has 0 aliphatic carbocycles. The maximum atomic E-state index is 12.1. The number of anilines is 2. The summed E-state index contributed by atoms with van der Waals surface area (Å²) in [5.74, 6) is 1.34. The van der Waals surface area contributed by atoms with Crippen LogP contribution < -0.4 is 10.2 Å². The molecule has 1 aliphatic heterocycles. The van der Waals surface area contributed by atoms with E-state index in [1.807, 2.05) is 0 Å². The zero-order valence-corrected chi connectivity index (χ0v) is 15.1. The molecule has 3 rings (SSSR count). The van der Waals surface area contributed by atoms with Crippen LogP contribution >= 0.6 is 0 Å². The molecule has 6 nitrogen and oxygen atoms in total. The van der Waals surface area contributed by atoms with Gasteiger partial charge in [0.15, 0.2) is 0 Å². The van der Waals surface area contributed by atoms with E-state index in [0.717, 1.165) is 5.56 Å². The lowest BCUT2D eigenvalue weighted by molar-refractivity contribution is 0.177. The third-order valence-corrected chi connectivity index (χ3v) is 4.49. The van der Waals surface area contributed by atoms with E-state index in [1.165, 1.54) is 5.56 Å². The van der Waals surface area contributed by atoms with E-state index < -0.39 is 0 Å². The van der Waals surface area contributed by atoms with Crippen molar-refractivity contribution in [1.29, 1.82) is 0 Å². The molecule has 0 saturated carbocycles. The maximum Gasteiger partial charge on any atom is 0.415 e. The van der Waals surface area contributed by atoms with E-state index in [0.29, 0.717) is 18.4 Å². The Morgan fingerprint density at radius 2 is 1.92 bits per heavy atom. The summed E-state index contributed by atoms with van der Waals surface area (Å²) in [6.45, 7) is 8.65. The number of nitrogens with zero attached hydrogens (tertiary/aromatic N) is 3. The van der Waals surface area contributed by atoms with Crippen molar-refractivity contribution in [2.75, 3.05) is 16.8 Å². The predicted molar refractivity (Wildman–Crippen MR) is 97.7 cm³/mol. The smallest absolute Gasteiger partial charge is 0.415 e. The third kappa shape index (κ3) is 3.73. The Hall–Kier alpha value is -2.63. The Balaban J connectivity index is 1.79. The van der Waals surface area contributed by atoms with Gasteiger partial charge in [0.25, 0.3) is 0 Å². The second-order valence-corrected chi connectivity index (χ2v) is 6.77. The number of benzene rings is 1. The van der Waals surface area contributed by atoms with Crippen LogP contribution in [0, 0.1) is 12.8 Å². The molecule has 6 heteroatoms. The average molecular weight is 340 g/mol. The Bertz CT molecular complexity index is 745. The fourth-order valence-electron chi connectivity index (χ4n) is 2.88. The summed E-state index contributed by atoms with van der Waals surface area (Å²) in [5, 5.41) is 3.30. The van der Waals surface area contributed by atoms with E-state index in [-0.39, 0.29) is 24.1 Å². The SMILES string of the molecule is Cc1ccc([C@@H](C)Nc2nccc(N3C(=O)OC[C@@H]3C(C)C)n2)cc1. The molecule has 1 aromatic heterocycles. The number of amides is 1. The number of hydrogen-bond donors (Lipinski definition) is 1. The number of aromatic nitrogens is 2. The number of rotatable bonds is 5. The summed E-state index contributed by atoms with van der Waals surface area (Å²) >= 11 is 0. The lowest BCUT2D eigenvalue weighted by atomic mass is 10.0. The van der Waals surface area contributed by atoms with E-state index in [2.05, 4.69) is 67.2 Å². The van der Waals surface area contributed by atoms with Gasteiger partial charge in [0, 0.05) is 6.20 Å². The van der Waals surface area contributed by atoms with Crippen LogP contribution in [0.15, 0.2) is 36.5 Å². The van der Waals surface area contributed by atoms with Gasteiger partial charge in [-0.3, -0.25) is 4.90 Å². The van der Waals surface area contributed by atoms with Crippen LogP contribution in [0.5, 0.6) is 0 Å². The molecule has 25 heavy (non-hydrogen) atoms. The van der Waals surface area contributed by atoms with Gasteiger partial charge in [-0.2, -0.15) is 4.98 Å². The Morgan fingerprint density at radius 3 is 2.60 bits per heavy atom. The van der Waals surface area contributed by atoms with Gasteiger partial charge in [0.1, 0.15) is 12.4 Å². The van der Waals surface area contributed by atoms with Crippen molar-refractivity contribution < 1.29 is 9.53 Å². The van der Waals surface area contributed by atoms with Crippen LogP contribution in [0.3, 0.4) is 0 Å². The predicted octanol–water partition coefficient (Wildman–Crippen LogP) is 3.94. The highest BCUT2D eigenvalue weighted by Gasteiger charge is 2.37. The molecular formula is C19H24N4O2. The highest BCUT2D eigenvalue weighted by molar-refractivity contribution is 5.89. The molecule has 1 amide bonds. The van der Waals surface area contributed by atoms with Crippen LogP contribution in [0.25, 0.3) is 0 Å². The molecular weight excluding hydrogens is 316 g/mol. The van der Waals surface area contributed by atoms with E-state index in [1.54, 1.807) is 17.2 Å². The first-order valence-corrected chi connectivity index (χ1v) is 8.58. The second kappa shape index (κ2) is 7.09. The van der Waals surface area contributed by atoms with Crippen molar-refractivity contribution in [3.05, 3.63) is 47.7 Å². The summed E-state index contributed by atoms with van der Waals surface area (Å²) < 4.78 is 5.20. The fourth-order valence-corrected chi connectivity index (χ4v) is 2.88. The highest BCUT2D eigenvalue weighted by atomic mass is 16.6. The first-order chi connectivity index (χ1) is 12.0. The first-order valence-electron chi connectivity index (χ1n) is 8.58. The molecule has 1 aromatic carbocycles. The van der Waals surface area contributed by atoms with Gasteiger partial charge in [-0.1, -0.05) is 43.7 Å². The van der Waals surface area contributed by atoms with Gasteiger partial charge in [-0.25, -0.2) is 9.78 Å². The van der Waals surface area contributed by atoms with Crippen molar-refractivity contribution in [2.24, 2.45) is 5.92 Å². The monoisotopic (exact) mass is 340 g/mol. The Labute approximate surface area is 148 Å². The quantitative estimate of drug-likeness (QED) is 0.893. The average Bonchev–Trinajstić information content (AvgIpc) is 2.97. The lowest BCUT2D eigenvalue weighted by Crippen LogP contribution is -2.37. The van der Waals surface area contributed by atoms with Crippen LogP contribution in [0.4, 0.5) is 16.6 Å². The minimum atomic E-state index is -0.352. The molecule has 0 spiro atoms. The lowest BCUT2D eigenvalue weighted by Gasteiger charge is -2.23. The summed E-state index contributed by atoms with van der Waals surface area (Å²) in [7, 11) is 0. The minimum Gasteiger partial charge on any atom is -0.447 e. The summed E-state index contributed by atoms with van der Waals surface area (Å²) in [6, 6.07) is 10.1. The van der Waals surface area contributed by atoms with Crippen molar-refractivity contribution in [2.45, 2.75) is 39.8 Å². The largest absolute Gasteiger partial charge is 0.447 e. The van der Waals surface area contributed by atoms with Crippen LogP contribution in [0.1, 0.15) is 37.9 Å². The van der Waals surface area contributed by atoms with E-state index in [4.69, 9.17) is 4.74 Å². The van der Waals surface area contributed by atoms with Crippen molar-refractivity contribution in [3.63, 3.8) is 0 Å². The van der Waals surface area contributed by atoms with Gasteiger partial charge in [0.2, 0.25) is 5.95 Å². The van der Waals surface area contributed by atoms with Crippen LogP contribution in [-0.4, -0.2) is 28.7 Å². The molecule has 2 heterocycles. The molecule has 2 atom stereocenters. The normalized spacial score (nSPS) is 18.4. The van der Waals surface area contributed by atoms with E-state index in [9.17, 15) is 4.79 Å². The Kier molecular flexibility index (Phi) is 4.88. The van der Waals surface area contributed by atoms with E-state index >= 15 is 0 Å². The number of nitrogens with one attached hydrogen (secondary N) is 1. The molecule has 0 bridgehead atoms. The molecule has 0 unspecified atom stereocenters. The standard InChI is InChI=1S/C19H24N4O2/c1-12(2)16-11-25-19(24)23(16)17-9-10-20-18(22-17)21-14(4)15-7-5-13(3)6-8-15/h5-10,12,14,16H,11H2,1-4H3,(H,20,21,22)/t14-,16-/m1/s1. The van der Waals surface area contributed by atoms with Gasteiger partial charge >= 0.3 is 6.09 Å². The van der Waals surface area contributed by atoms with Gasteiger partial charge in [0.05, 0.1) is 12.1 Å². The number of carbonyl (C=O) groups excluding carboxylic acids is 1. The number of carbonyl (C=O) groups is 1. The topological polar surface area (TPSA) is 67.4 Å². The fraction of sp³-hybridized carbons (Fsp3) is 0.421. The van der Waals surface area contributed by atoms with Crippen molar-refractivity contribution >= 4 is 17.9 Å². The molecule has 1 aliphatic rings. The summed E-state index contributed by atoms with van der Waals surface area (Å²) in [6.07, 6.45) is 1.31. The molecule has 1 saturated heterocycles. The summed E-state index contributed by atoms with van der Waals surface area (Å²) in [5.41, 5.74) is 2.38. The zero-order valence-electron chi connectivity index (χ0n) is 15.1. The second-order valence-electron chi connectivity index (χ2n) is 6.77. The molecule has 1 fully saturated rings. The Morgan fingerprint density at radius 1 is 1.20 bits per heavy atom. The summed E-state index contributed by atoms with van der Waals surface area (Å²) in [4.78, 5) is 22.5. The van der Waals surface area contributed by atoms with Gasteiger partial charge in [-0.05, 0) is 31.4 Å². The first kappa shape index (κ1) is 17.2. The van der Waals surface area contributed by atoms with Gasteiger partial charge < -0.3 is 10.1 Å². The molecule has 0 radical (unpaired) electrons. The molecule has 1 N–H and O–H groups in total. The number of aryl methyl sites for hydroxylation is 1. The van der Waals surface area contributed by atoms with Crippen LogP contribution in [0.2, 0.25) is 0 Å². The zero-order chi connectivity index (χ0) is 18.0. The number of cyclic esters (lactones) is 1. The molecule has 2 aromatic rings. The highest BCUT2D eigenvalue weighted by Crippen LogP contribution is 2.26. The number of hydrogen-bond acceptors (Lipinski definition) is 5. The van der Waals surface area contributed by atoms with Crippen LogP contribution in [-0.2, 0) is 4.74 Å². The molecule has 132 valence electrons. The van der Waals surface area contributed by atoms with Gasteiger partial charge in [-0.15, -0.1) is 0 Å². The third-order valence-electron chi connectivity index (χ3n) is 4.49. The number of ether oxygens (including phenoxy) is 1. The van der Waals surface area contributed by atoms with Crippen molar-refractivity contribution in [1.82, 2.24) is 9.97 Å². The maximum absolute atomic E-state index is 12.1.